The molecule has 0 aliphatic heterocycles. The monoisotopic (exact) mass is 260 g/mol. The second kappa shape index (κ2) is 6.65. The number of benzene rings is 1. The van der Waals surface area contributed by atoms with Crippen LogP contribution in [0.2, 0.25) is 0 Å². The van der Waals surface area contributed by atoms with E-state index in [1.54, 1.807) is 7.11 Å². The topological polar surface area (TPSA) is 18.5 Å². The van der Waals surface area contributed by atoms with Gasteiger partial charge < -0.3 is 9.47 Å². The van der Waals surface area contributed by atoms with Gasteiger partial charge in [0.2, 0.25) is 0 Å². The molecule has 0 N–H and O–H groups in total. The van der Waals surface area contributed by atoms with Crippen LogP contribution in [0.5, 0.6) is 11.5 Å². The van der Waals surface area contributed by atoms with E-state index >= 15 is 0 Å². The Morgan fingerprint density at radius 1 is 1.26 bits per heavy atom. The van der Waals surface area contributed by atoms with E-state index in [-0.39, 0.29) is 0 Å². The van der Waals surface area contributed by atoms with Crippen molar-refractivity contribution in [2.24, 2.45) is 0 Å². The zero-order valence-corrected chi connectivity index (χ0v) is 12.1. The Morgan fingerprint density at radius 3 is 2.58 bits per heavy atom. The molecule has 0 bridgehead atoms. The average molecular weight is 260 g/mol. The van der Waals surface area contributed by atoms with E-state index in [9.17, 15) is 0 Å². The molecule has 104 valence electrons. The summed E-state index contributed by atoms with van der Waals surface area (Å²) >= 11 is 0. The van der Waals surface area contributed by atoms with E-state index in [1.807, 2.05) is 18.2 Å². The van der Waals surface area contributed by atoms with Gasteiger partial charge in [0.1, 0.15) is 11.5 Å². The van der Waals surface area contributed by atoms with Crippen molar-refractivity contribution < 1.29 is 9.47 Å². The normalized spacial score (nSPS) is 16.1. The van der Waals surface area contributed by atoms with Gasteiger partial charge in [-0.1, -0.05) is 26.0 Å². The van der Waals surface area contributed by atoms with Crippen LogP contribution in [-0.2, 0) is 6.42 Å². The van der Waals surface area contributed by atoms with E-state index in [2.05, 4.69) is 13.5 Å². The van der Waals surface area contributed by atoms with E-state index in [0.717, 1.165) is 41.9 Å². The van der Waals surface area contributed by atoms with Crippen molar-refractivity contribution in [2.75, 3.05) is 7.11 Å². The van der Waals surface area contributed by atoms with Crippen molar-refractivity contribution in [3.63, 3.8) is 0 Å². The number of hydrogen-bond acceptors (Lipinski definition) is 2. The van der Waals surface area contributed by atoms with E-state index in [1.165, 1.54) is 19.3 Å². The van der Waals surface area contributed by atoms with Crippen molar-refractivity contribution in [3.8, 4) is 11.5 Å². The molecule has 1 aliphatic carbocycles. The molecule has 1 aromatic carbocycles. The smallest absolute Gasteiger partial charge is 0.133 e. The van der Waals surface area contributed by atoms with Gasteiger partial charge in [0.05, 0.1) is 13.2 Å². The minimum Gasteiger partial charge on any atom is -0.496 e. The summed E-state index contributed by atoms with van der Waals surface area (Å²) in [6.45, 7) is 6.03. The van der Waals surface area contributed by atoms with E-state index < -0.39 is 0 Å². The zero-order chi connectivity index (χ0) is 13.7. The van der Waals surface area contributed by atoms with Crippen LogP contribution in [0, 0.1) is 0 Å². The molecular weight excluding hydrogens is 236 g/mol. The first-order valence-corrected chi connectivity index (χ1v) is 7.29. The van der Waals surface area contributed by atoms with E-state index in [0.29, 0.717) is 6.10 Å². The van der Waals surface area contributed by atoms with E-state index in [4.69, 9.17) is 9.47 Å². The van der Waals surface area contributed by atoms with Gasteiger partial charge in [-0.25, -0.2) is 0 Å². The van der Waals surface area contributed by atoms with Crippen LogP contribution in [0.15, 0.2) is 18.7 Å². The molecule has 0 heterocycles. The van der Waals surface area contributed by atoms with Gasteiger partial charge in [-0.3, -0.25) is 0 Å². The lowest BCUT2D eigenvalue weighted by atomic mass is 9.97. The number of rotatable bonds is 5. The number of methoxy groups -OCH3 is 1. The predicted octanol–water partition coefficient (Wildman–Crippen LogP) is 4.61. The van der Waals surface area contributed by atoms with Gasteiger partial charge in [0.25, 0.3) is 0 Å². The molecule has 0 saturated heterocycles. The summed E-state index contributed by atoms with van der Waals surface area (Å²) in [5.74, 6) is 1.89. The van der Waals surface area contributed by atoms with Gasteiger partial charge in [-0.05, 0) is 44.2 Å². The highest BCUT2D eigenvalue weighted by Crippen LogP contribution is 2.35. The summed E-state index contributed by atoms with van der Waals surface area (Å²) in [7, 11) is 1.71. The van der Waals surface area contributed by atoms with Gasteiger partial charge in [-0.15, -0.1) is 0 Å². The predicted molar refractivity (Wildman–Crippen MR) is 80.0 cm³/mol. The molecule has 2 heteroatoms. The van der Waals surface area contributed by atoms with Crippen LogP contribution >= 0.6 is 0 Å². The van der Waals surface area contributed by atoms with Crippen molar-refractivity contribution in [1.82, 2.24) is 0 Å². The Hall–Kier alpha value is -1.44. The molecule has 1 saturated carbocycles. The number of hydrogen-bond donors (Lipinski definition) is 0. The Morgan fingerprint density at radius 2 is 2.00 bits per heavy atom. The van der Waals surface area contributed by atoms with Crippen LogP contribution in [0.4, 0.5) is 0 Å². The molecule has 2 rings (SSSR count). The third-order valence-electron chi connectivity index (χ3n) is 3.88. The lowest BCUT2D eigenvalue weighted by Crippen LogP contribution is -2.20. The van der Waals surface area contributed by atoms with Crippen LogP contribution in [0.1, 0.15) is 50.2 Å². The molecule has 0 amide bonds. The second-order valence-corrected chi connectivity index (χ2v) is 5.10. The summed E-state index contributed by atoms with van der Waals surface area (Å²) in [5.41, 5.74) is 2.23. The van der Waals surface area contributed by atoms with Crippen molar-refractivity contribution in [1.29, 1.82) is 0 Å². The lowest BCUT2D eigenvalue weighted by Gasteiger charge is -2.26. The maximum atomic E-state index is 6.29. The first-order valence-electron chi connectivity index (χ1n) is 7.29. The van der Waals surface area contributed by atoms with Gasteiger partial charge in [0, 0.05) is 11.1 Å². The largest absolute Gasteiger partial charge is 0.496 e. The molecule has 1 aliphatic rings. The van der Waals surface area contributed by atoms with Gasteiger partial charge >= 0.3 is 0 Å². The third kappa shape index (κ3) is 3.12. The summed E-state index contributed by atoms with van der Waals surface area (Å²) in [6, 6.07) is 4.03. The summed E-state index contributed by atoms with van der Waals surface area (Å²) < 4.78 is 11.7. The SMILES string of the molecule is C=Cc1ccc(OC)c(CC)c1OC1CCCCC1. The van der Waals surface area contributed by atoms with Crippen LogP contribution < -0.4 is 9.47 Å². The Balaban J connectivity index is 2.31. The minimum atomic E-state index is 0.352. The Kier molecular flexibility index (Phi) is 4.89. The first kappa shape index (κ1) is 14.0. The average Bonchev–Trinajstić information content (AvgIpc) is 2.47. The highest BCUT2D eigenvalue weighted by molar-refractivity contribution is 5.62. The number of ether oxygens (including phenoxy) is 2. The third-order valence-corrected chi connectivity index (χ3v) is 3.88. The maximum Gasteiger partial charge on any atom is 0.133 e. The van der Waals surface area contributed by atoms with Crippen LogP contribution in [0.25, 0.3) is 6.08 Å². The quantitative estimate of drug-likeness (QED) is 0.769. The molecule has 0 spiro atoms. The van der Waals surface area contributed by atoms with Gasteiger partial charge in [0.15, 0.2) is 0 Å². The highest BCUT2D eigenvalue weighted by atomic mass is 16.5. The van der Waals surface area contributed by atoms with Crippen molar-refractivity contribution in [2.45, 2.75) is 51.6 Å². The summed E-state index contributed by atoms with van der Waals surface area (Å²) in [6.07, 6.45) is 9.36. The standard InChI is InChI=1S/C17H24O2/c1-4-13-11-12-16(18-3)15(5-2)17(13)19-14-9-7-6-8-10-14/h4,11-12,14H,1,5-10H2,2-3H3. The van der Waals surface area contributed by atoms with Crippen LogP contribution in [-0.4, -0.2) is 13.2 Å². The zero-order valence-electron chi connectivity index (χ0n) is 12.1. The fraction of sp³-hybridized carbons (Fsp3) is 0.529. The molecule has 0 unspecified atom stereocenters. The second-order valence-electron chi connectivity index (χ2n) is 5.10. The fourth-order valence-electron chi connectivity index (χ4n) is 2.80. The van der Waals surface area contributed by atoms with Crippen molar-refractivity contribution >= 4 is 6.08 Å². The molecule has 2 nitrogen and oxygen atoms in total. The Bertz CT molecular complexity index is 431. The van der Waals surface area contributed by atoms with Crippen LogP contribution in [0.3, 0.4) is 0 Å². The molecule has 0 radical (unpaired) electrons. The molecule has 0 atom stereocenters. The summed E-state index contributed by atoms with van der Waals surface area (Å²) in [5, 5.41) is 0. The minimum absolute atomic E-state index is 0.352. The van der Waals surface area contributed by atoms with Gasteiger partial charge in [-0.2, -0.15) is 0 Å². The maximum absolute atomic E-state index is 6.29. The molecule has 19 heavy (non-hydrogen) atoms. The first-order chi connectivity index (χ1) is 9.30. The van der Waals surface area contributed by atoms with Crippen molar-refractivity contribution in [3.05, 3.63) is 29.8 Å². The molecule has 1 aromatic rings. The fourth-order valence-corrected chi connectivity index (χ4v) is 2.80. The molecular formula is C17H24O2. The summed E-state index contributed by atoms with van der Waals surface area (Å²) in [4.78, 5) is 0. The lowest BCUT2D eigenvalue weighted by molar-refractivity contribution is 0.152. The molecule has 1 fully saturated rings. The molecule has 0 aromatic heterocycles. The Labute approximate surface area is 116 Å². The highest BCUT2D eigenvalue weighted by Gasteiger charge is 2.19.